The Morgan fingerprint density at radius 3 is 2.42 bits per heavy atom. The van der Waals surface area contributed by atoms with E-state index in [1.165, 1.54) is 24.3 Å². The van der Waals surface area contributed by atoms with Crippen molar-refractivity contribution in [2.24, 2.45) is 0 Å². The van der Waals surface area contributed by atoms with Crippen LogP contribution in [0.4, 0.5) is 10.1 Å². The van der Waals surface area contributed by atoms with E-state index in [0.717, 1.165) is 10.8 Å². The van der Waals surface area contributed by atoms with Crippen molar-refractivity contribution >= 4 is 42.4 Å². The summed E-state index contributed by atoms with van der Waals surface area (Å²) in [5.74, 6) is 0.0339. The minimum atomic E-state index is -3.89. The molecule has 0 fully saturated rings. The van der Waals surface area contributed by atoms with Crippen molar-refractivity contribution in [1.82, 2.24) is 0 Å². The van der Waals surface area contributed by atoms with Crippen LogP contribution >= 0.6 is 15.9 Å². The van der Waals surface area contributed by atoms with Crippen molar-refractivity contribution in [1.29, 1.82) is 0 Å². The Morgan fingerprint density at radius 1 is 1.00 bits per heavy atom. The highest BCUT2D eigenvalue weighted by Gasteiger charge is 2.17. The Bertz CT molecular complexity index is 1020. The Morgan fingerprint density at radius 2 is 1.71 bits per heavy atom. The first kappa shape index (κ1) is 16.7. The van der Waals surface area contributed by atoms with Gasteiger partial charge in [-0.15, -0.1) is 0 Å². The summed E-state index contributed by atoms with van der Waals surface area (Å²) in [5, 5.41) is 1.60. The lowest BCUT2D eigenvalue weighted by Crippen LogP contribution is -2.13. The summed E-state index contributed by atoms with van der Waals surface area (Å²) in [6.07, 6.45) is 0. The number of halogens is 2. The summed E-state index contributed by atoms with van der Waals surface area (Å²) in [6.45, 7) is 0. The molecule has 0 aromatic heterocycles. The molecule has 0 saturated heterocycles. The van der Waals surface area contributed by atoms with Gasteiger partial charge in [0.05, 0.1) is 17.7 Å². The number of ether oxygens (including phenoxy) is 1. The van der Waals surface area contributed by atoms with Gasteiger partial charge in [-0.2, -0.15) is 0 Å². The Balaban J connectivity index is 1.98. The van der Waals surface area contributed by atoms with E-state index >= 15 is 0 Å². The molecule has 0 unspecified atom stereocenters. The molecule has 0 bridgehead atoms. The zero-order chi connectivity index (χ0) is 17.3. The number of anilines is 1. The van der Waals surface area contributed by atoms with E-state index in [4.69, 9.17) is 4.74 Å². The lowest BCUT2D eigenvalue weighted by molar-refractivity contribution is 0.415. The first-order valence-electron chi connectivity index (χ1n) is 6.95. The zero-order valence-corrected chi connectivity index (χ0v) is 15.0. The zero-order valence-electron chi connectivity index (χ0n) is 12.6. The summed E-state index contributed by atoms with van der Waals surface area (Å²) in [6, 6.07) is 14.2. The monoisotopic (exact) mass is 409 g/mol. The molecule has 7 heteroatoms. The highest BCUT2D eigenvalue weighted by molar-refractivity contribution is 9.10. The van der Waals surface area contributed by atoms with Gasteiger partial charge in [-0.25, -0.2) is 12.8 Å². The van der Waals surface area contributed by atoms with Crippen molar-refractivity contribution in [3.05, 3.63) is 64.9 Å². The molecule has 0 radical (unpaired) electrons. The fraction of sp³-hybridized carbons (Fsp3) is 0.0588. The van der Waals surface area contributed by atoms with Crippen LogP contribution in [0.1, 0.15) is 0 Å². The molecular formula is C17H13BrFNO3S. The highest BCUT2D eigenvalue weighted by atomic mass is 79.9. The molecule has 1 N–H and O–H groups in total. The molecule has 4 nitrogen and oxygen atoms in total. The smallest absolute Gasteiger partial charge is 0.262 e. The van der Waals surface area contributed by atoms with Gasteiger partial charge in [0.2, 0.25) is 0 Å². The largest absolute Gasteiger partial charge is 0.497 e. The van der Waals surface area contributed by atoms with E-state index in [0.29, 0.717) is 10.2 Å². The second-order valence-electron chi connectivity index (χ2n) is 5.10. The summed E-state index contributed by atoms with van der Waals surface area (Å²) in [7, 11) is -2.33. The van der Waals surface area contributed by atoms with Gasteiger partial charge in [0, 0.05) is 4.47 Å². The molecule has 3 aromatic rings. The van der Waals surface area contributed by atoms with Gasteiger partial charge >= 0.3 is 0 Å². The SMILES string of the molecule is COc1ccc2cc(S(=O)(=O)Nc3ccc(Br)cc3F)ccc2c1. The Labute approximate surface area is 147 Å². The van der Waals surface area contributed by atoms with Crippen molar-refractivity contribution in [2.75, 3.05) is 11.8 Å². The molecular weight excluding hydrogens is 397 g/mol. The predicted octanol–water partition coefficient (Wildman–Crippen LogP) is 4.55. The Hall–Kier alpha value is -2.12. The van der Waals surface area contributed by atoms with E-state index in [-0.39, 0.29) is 10.6 Å². The molecule has 0 aliphatic rings. The number of hydrogen-bond acceptors (Lipinski definition) is 3. The van der Waals surface area contributed by atoms with Crippen LogP contribution in [-0.2, 0) is 10.0 Å². The number of benzene rings is 3. The van der Waals surface area contributed by atoms with Crippen molar-refractivity contribution < 1.29 is 17.5 Å². The van der Waals surface area contributed by atoms with Crippen LogP contribution in [0.5, 0.6) is 5.75 Å². The molecule has 0 saturated carbocycles. The molecule has 0 atom stereocenters. The fourth-order valence-electron chi connectivity index (χ4n) is 2.27. The maximum atomic E-state index is 13.9. The third kappa shape index (κ3) is 3.37. The molecule has 124 valence electrons. The minimum Gasteiger partial charge on any atom is -0.497 e. The first-order valence-corrected chi connectivity index (χ1v) is 9.22. The van der Waals surface area contributed by atoms with Gasteiger partial charge in [-0.05, 0) is 53.2 Å². The molecule has 0 aliphatic heterocycles. The van der Waals surface area contributed by atoms with Crippen LogP contribution in [0.25, 0.3) is 10.8 Å². The molecule has 0 spiro atoms. The molecule has 3 rings (SSSR count). The Kier molecular flexibility index (Phi) is 4.47. The van der Waals surface area contributed by atoms with Gasteiger partial charge in [-0.1, -0.05) is 28.1 Å². The summed E-state index contributed by atoms with van der Waals surface area (Å²) in [5.41, 5.74) is -0.104. The summed E-state index contributed by atoms with van der Waals surface area (Å²) >= 11 is 3.13. The van der Waals surface area contributed by atoms with Crippen LogP contribution in [0, 0.1) is 5.82 Å². The highest BCUT2D eigenvalue weighted by Crippen LogP contribution is 2.26. The number of sulfonamides is 1. The molecule has 3 aromatic carbocycles. The maximum Gasteiger partial charge on any atom is 0.262 e. The van der Waals surface area contributed by atoms with Crippen molar-refractivity contribution in [3.8, 4) is 5.75 Å². The second-order valence-corrected chi connectivity index (χ2v) is 7.70. The van der Waals surface area contributed by atoms with Crippen molar-refractivity contribution in [2.45, 2.75) is 4.90 Å². The molecule has 0 aliphatic carbocycles. The fourth-order valence-corrected chi connectivity index (χ4v) is 3.71. The predicted molar refractivity (Wildman–Crippen MR) is 95.4 cm³/mol. The third-order valence-corrected chi connectivity index (χ3v) is 5.36. The van der Waals surface area contributed by atoms with Crippen LogP contribution < -0.4 is 9.46 Å². The normalized spacial score (nSPS) is 11.5. The lowest BCUT2D eigenvalue weighted by atomic mass is 10.1. The van der Waals surface area contributed by atoms with Crippen molar-refractivity contribution in [3.63, 3.8) is 0 Å². The molecule has 0 amide bonds. The molecule has 24 heavy (non-hydrogen) atoms. The second kappa shape index (κ2) is 6.41. The van der Waals surface area contributed by atoms with E-state index < -0.39 is 15.8 Å². The summed E-state index contributed by atoms with van der Waals surface area (Å²) < 4.78 is 46.8. The third-order valence-electron chi connectivity index (χ3n) is 3.50. The first-order chi connectivity index (χ1) is 11.4. The summed E-state index contributed by atoms with van der Waals surface area (Å²) in [4.78, 5) is 0.0579. The number of hydrogen-bond donors (Lipinski definition) is 1. The van der Waals surface area contributed by atoms with Crippen LogP contribution in [0.3, 0.4) is 0 Å². The van der Waals surface area contributed by atoms with Gasteiger partial charge < -0.3 is 4.74 Å². The molecule has 0 heterocycles. The average Bonchev–Trinajstić information content (AvgIpc) is 2.56. The number of rotatable bonds is 4. The number of fused-ring (bicyclic) bond motifs is 1. The minimum absolute atomic E-state index is 0.0579. The maximum absolute atomic E-state index is 13.9. The van der Waals surface area contributed by atoms with Gasteiger partial charge in [0.1, 0.15) is 11.6 Å². The van der Waals surface area contributed by atoms with Crippen LogP contribution in [0.15, 0.2) is 64.0 Å². The van der Waals surface area contributed by atoms with E-state index in [2.05, 4.69) is 20.7 Å². The topological polar surface area (TPSA) is 55.4 Å². The van der Waals surface area contributed by atoms with E-state index in [9.17, 15) is 12.8 Å². The van der Waals surface area contributed by atoms with Gasteiger partial charge in [0.15, 0.2) is 0 Å². The number of nitrogens with one attached hydrogen (secondary N) is 1. The van der Waals surface area contributed by atoms with Gasteiger partial charge in [-0.3, -0.25) is 4.72 Å². The lowest BCUT2D eigenvalue weighted by Gasteiger charge is -2.10. The quantitative estimate of drug-likeness (QED) is 0.687. The van der Waals surface area contributed by atoms with E-state index in [1.807, 2.05) is 6.07 Å². The van der Waals surface area contributed by atoms with Crippen LogP contribution in [-0.4, -0.2) is 15.5 Å². The standard InChI is InChI=1S/C17H13BrFNO3S/c1-23-14-5-2-12-9-15(6-3-11(12)8-14)24(21,22)20-17-7-4-13(18)10-16(17)19/h2-10,20H,1H3. The van der Waals surface area contributed by atoms with Gasteiger partial charge in [0.25, 0.3) is 10.0 Å². The van der Waals surface area contributed by atoms with E-state index in [1.54, 1.807) is 31.4 Å². The number of methoxy groups -OCH3 is 1. The average molecular weight is 410 g/mol. The van der Waals surface area contributed by atoms with Crippen LogP contribution in [0.2, 0.25) is 0 Å².